The molecular weight excluding hydrogens is 334 g/mol. The Labute approximate surface area is 145 Å². The Balaban J connectivity index is 1.93. The molecule has 2 aromatic rings. The second kappa shape index (κ2) is 8.45. The molecule has 1 heterocycles. The van der Waals surface area contributed by atoms with Crippen LogP contribution in [-0.4, -0.2) is 22.6 Å². The number of thiocarbonyl (C=S) groups is 1. The fraction of sp³-hybridized carbons (Fsp3) is 0.188. The van der Waals surface area contributed by atoms with Crippen molar-refractivity contribution in [2.75, 3.05) is 11.9 Å². The van der Waals surface area contributed by atoms with Gasteiger partial charge in [-0.05, 0) is 55.0 Å². The maximum Gasteiger partial charge on any atom is 0.257 e. The molecule has 0 aliphatic carbocycles. The smallest absolute Gasteiger partial charge is 0.257 e. The minimum Gasteiger partial charge on any atom is -0.494 e. The molecule has 1 aromatic heterocycles. The van der Waals surface area contributed by atoms with Crippen LogP contribution in [0.15, 0.2) is 42.6 Å². The second-order valence-electron chi connectivity index (χ2n) is 4.62. The zero-order chi connectivity index (χ0) is 16.7. The van der Waals surface area contributed by atoms with Crippen molar-refractivity contribution in [3.8, 4) is 5.75 Å². The van der Waals surface area contributed by atoms with Crippen molar-refractivity contribution in [2.24, 2.45) is 0 Å². The van der Waals surface area contributed by atoms with Gasteiger partial charge in [-0.1, -0.05) is 18.5 Å². The van der Waals surface area contributed by atoms with E-state index in [1.54, 1.807) is 42.6 Å². The number of anilines is 1. The van der Waals surface area contributed by atoms with Gasteiger partial charge in [0, 0.05) is 11.8 Å². The number of nitrogens with zero attached hydrogens (tertiary/aromatic N) is 1. The summed E-state index contributed by atoms with van der Waals surface area (Å²) in [6, 6.07) is 10.3. The summed E-state index contributed by atoms with van der Waals surface area (Å²) in [7, 11) is 0. The summed E-state index contributed by atoms with van der Waals surface area (Å²) in [5, 5.41) is 5.85. The van der Waals surface area contributed by atoms with E-state index >= 15 is 0 Å². The molecule has 0 saturated heterocycles. The van der Waals surface area contributed by atoms with Crippen LogP contribution in [0.4, 0.5) is 5.69 Å². The number of pyridine rings is 1. The number of carbonyl (C=O) groups excluding carboxylic acids is 1. The van der Waals surface area contributed by atoms with Crippen molar-refractivity contribution < 1.29 is 9.53 Å². The lowest BCUT2D eigenvalue weighted by Crippen LogP contribution is -2.34. The lowest BCUT2D eigenvalue weighted by atomic mass is 10.2. The normalized spacial score (nSPS) is 10.0. The molecule has 1 amide bonds. The molecule has 0 unspecified atom stereocenters. The highest BCUT2D eigenvalue weighted by molar-refractivity contribution is 7.80. The van der Waals surface area contributed by atoms with Crippen LogP contribution in [0.1, 0.15) is 23.7 Å². The second-order valence-corrected chi connectivity index (χ2v) is 5.39. The Kier molecular flexibility index (Phi) is 6.31. The van der Waals surface area contributed by atoms with E-state index in [0.717, 1.165) is 12.2 Å². The highest BCUT2D eigenvalue weighted by Gasteiger charge is 2.09. The third-order valence-corrected chi connectivity index (χ3v) is 3.33. The zero-order valence-electron chi connectivity index (χ0n) is 12.5. The van der Waals surface area contributed by atoms with Gasteiger partial charge in [-0.15, -0.1) is 0 Å². The van der Waals surface area contributed by atoms with Gasteiger partial charge in [0.05, 0.1) is 12.3 Å². The van der Waals surface area contributed by atoms with Crippen LogP contribution in [0, 0.1) is 0 Å². The molecule has 0 fully saturated rings. The lowest BCUT2D eigenvalue weighted by molar-refractivity contribution is 0.0977. The molecular formula is C16H16ClN3O2S. The molecule has 0 aliphatic rings. The summed E-state index contributed by atoms with van der Waals surface area (Å²) in [6.45, 7) is 2.68. The average molecular weight is 350 g/mol. The molecule has 23 heavy (non-hydrogen) atoms. The predicted octanol–water partition coefficient (Wildman–Crippen LogP) is 3.65. The average Bonchev–Trinajstić information content (AvgIpc) is 2.55. The Morgan fingerprint density at radius 2 is 2.04 bits per heavy atom. The quantitative estimate of drug-likeness (QED) is 0.637. The summed E-state index contributed by atoms with van der Waals surface area (Å²) >= 11 is 11.0. The van der Waals surface area contributed by atoms with Gasteiger partial charge < -0.3 is 10.1 Å². The molecule has 5 nitrogen and oxygen atoms in total. The monoisotopic (exact) mass is 349 g/mol. The zero-order valence-corrected chi connectivity index (χ0v) is 14.1. The van der Waals surface area contributed by atoms with E-state index < -0.39 is 0 Å². The van der Waals surface area contributed by atoms with Crippen LogP contribution >= 0.6 is 23.8 Å². The summed E-state index contributed by atoms with van der Waals surface area (Å²) in [5.41, 5.74) is 1.01. The molecule has 0 saturated carbocycles. The summed E-state index contributed by atoms with van der Waals surface area (Å²) < 4.78 is 5.47. The number of hydrogen-bond acceptors (Lipinski definition) is 4. The van der Waals surface area contributed by atoms with Crippen molar-refractivity contribution in [1.29, 1.82) is 0 Å². The molecule has 0 bridgehead atoms. The fourth-order valence-corrected chi connectivity index (χ4v) is 2.10. The number of nitrogens with one attached hydrogen (secondary N) is 2. The number of ether oxygens (including phenoxy) is 1. The van der Waals surface area contributed by atoms with Crippen LogP contribution in [0.5, 0.6) is 5.75 Å². The Morgan fingerprint density at radius 3 is 2.70 bits per heavy atom. The summed E-state index contributed by atoms with van der Waals surface area (Å²) in [4.78, 5) is 16.0. The highest BCUT2D eigenvalue weighted by atomic mass is 35.5. The van der Waals surface area contributed by atoms with Gasteiger partial charge in [-0.25, -0.2) is 4.98 Å². The van der Waals surface area contributed by atoms with Crippen LogP contribution in [-0.2, 0) is 0 Å². The van der Waals surface area contributed by atoms with Gasteiger partial charge in [0.25, 0.3) is 5.91 Å². The maximum absolute atomic E-state index is 12.1. The number of hydrogen-bond donors (Lipinski definition) is 2. The first-order valence-corrected chi connectivity index (χ1v) is 7.84. The molecule has 1 aromatic carbocycles. The molecule has 2 rings (SSSR count). The van der Waals surface area contributed by atoms with Crippen LogP contribution in [0.25, 0.3) is 0 Å². The Hall–Kier alpha value is -2.18. The van der Waals surface area contributed by atoms with Gasteiger partial charge >= 0.3 is 0 Å². The van der Waals surface area contributed by atoms with Crippen molar-refractivity contribution in [3.63, 3.8) is 0 Å². The van der Waals surface area contributed by atoms with E-state index in [2.05, 4.69) is 15.6 Å². The van der Waals surface area contributed by atoms with Gasteiger partial charge in [0.2, 0.25) is 0 Å². The molecule has 120 valence electrons. The number of amides is 1. The first-order chi connectivity index (χ1) is 11.1. The van der Waals surface area contributed by atoms with E-state index in [4.69, 9.17) is 28.6 Å². The summed E-state index contributed by atoms with van der Waals surface area (Å²) in [5.74, 6) is 0.413. The minimum atomic E-state index is -0.315. The number of benzene rings is 1. The third-order valence-electron chi connectivity index (χ3n) is 2.82. The number of halogens is 1. The number of aromatic nitrogens is 1. The number of carbonyl (C=O) groups is 1. The van der Waals surface area contributed by atoms with Gasteiger partial charge in [-0.3, -0.25) is 10.1 Å². The first-order valence-electron chi connectivity index (χ1n) is 7.06. The highest BCUT2D eigenvalue weighted by Crippen LogP contribution is 2.17. The van der Waals surface area contributed by atoms with Crippen molar-refractivity contribution >= 4 is 40.5 Å². The van der Waals surface area contributed by atoms with E-state index in [0.29, 0.717) is 17.9 Å². The standard InChI is InChI=1S/C16H16ClN3O2S/c1-2-10-22-12-7-5-11(6-8-12)15(21)20-16(23)19-13-4-3-9-18-14(13)17/h3-9H,2,10H2,1H3,(H2,19,20,21,23). The third kappa shape index (κ3) is 5.19. The van der Waals surface area contributed by atoms with E-state index in [-0.39, 0.29) is 16.2 Å². The number of rotatable bonds is 5. The van der Waals surface area contributed by atoms with E-state index in [9.17, 15) is 4.79 Å². The van der Waals surface area contributed by atoms with Crippen molar-refractivity contribution in [3.05, 3.63) is 53.3 Å². The first kappa shape index (κ1) is 17.2. The topological polar surface area (TPSA) is 63.2 Å². The Morgan fingerprint density at radius 1 is 1.30 bits per heavy atom. The summed E-state index contributed by atoms with van der Waals surface area (Å²) in [6.07, 6.45) is 2.50. The van der Waals surface area contributed by atoms with Crippen molar-refractivity contribution in [2.45, 2.75) is 13.3 Å². The molecule has 0 atom stereocenters. The fourth-order valence-electron chi connectivity index (χ4n) is 1.73. The van der Waals surface area contributed by atoms with Crippen LogP contribution in [0.3, 0.4) is 0 Å². The van der Waals surface area contributed by atoms with Gasteiger partial charge in [-0.2, -0.15) is 0 Å². The molecule has 0 spiro atoms. The predicted molar refractivity (Wildman–Crippen MR) is 95.2 cm³/mol. The van der Waals surface area contributed by atoms with E-state index in [1.807, 2.05) is 6.92 Å². The minimum absolute atomic E-state index is 0.149. The maximum atomic E-state index is 12.1. The Bertz CT molecular complexity index is 692. The van der Waals surface area contributed by atoms with Crippen LogP contribution < -0.4 is 15.4 Å². The lowest BCUT2D eigenvalue weighted by Gasteiger charge is -2.10. The van der Waals surface area contributed by atoms with Crippen LogP contribution in [0.2, 0.25) is 5.15 Å². The molecule has 0 aliphatic heterocycles. The van der Waals surface area contributed by atoms with Gasteiger partial charge in [0.1, 0.15) is 5.75 Å². The largest absolute Gasteiger partial charge is 0.494 e. The molecule has 7 heteroatoms. The van der Waals surface area contributed by atoms with E-state index in [1.165, 1.54) is 0 Å². The molecule has 0 radical (unpaired) electrons. The SMILES string of the molecule is CCCOc1ccc(C(=O)NC(=S)Nc2cccnc2Cl)cc1. The molecule has 2 N–H and O–H groups in total. The van der Waals surface area contributed by atoms with Crippen molar-refractivity contribution in [1.82, 2.24) is 10.3 Å². The van der Waals surface area contributed by atoms with Gasteiger partial charge in [0.15, 0.2) is 10.3 Å².